The molecule has 1 fully saturated rings. The molecule has 0 amide bonds. The summed E-state index contributed by atoms with van der Waals surface area (Å²) in [7, 11) is 0. The Morgan fingerprint density at radius 2 is 2.06 bits per heavy atom. The largest absolute Gasteiger partial charge is 0.393 e. The molecule has 0 radical (unpaired) electrons. The fraction of sp³-hybridized carbons (Fsp3) is 0.538. The minimum absolute atomic E-state index is 0.241. The van der Waals surface area contributed by atoms with Crippen molar-refractivity contribution in [2.24, 2.45) is 5.73 Å². The summed E-state index contributed by atoms with van der Waals surface area (Å²) in [6.45, 7) is 0. The predicted octanol–water partition coefficient (Wildman–Crippen LogP) is 2.65. The molecule has 0 aliphatic heterocycles. The minimum Gasteiger partial charge on any atom is -0.393 e. The lowest BCUT2D eigenvalue weighted by molar-refractivity contribution is 0.0972. The zero-order chi connectivity index (χ0) is 12.5. The summed E-state index contributed by atoms with van der Waals surface area (Å²) in [6.07, 6.45) is 3.25. The highest BCUT2D eigenvalue weighted by Gasteiger charge is 2.31. The molecular formula is C13H17ClFNO. The van der Waals surface area contributed by atoms with Gasteiger partial charge in [0.2, 0.25) is 0 Å². The van der Waals surface area contributed by atoms with E-state index in [-0.39, 0.29) is 17.5 Å². The number of aliphatic hydroxyl groups is 1. The van der Waals surface area contributed by atoms with Gasteiger partial charge in [-0.3, -0.25) is 0 Å². The Kier molecular flexibility index (Phi) is 3.71. The van der Waals surface area contributed by atoms with Crippen molar-refractivity contribution in [1.82, 2.24) is 0 Å². The Labute approximate surface area is 106 Å². The zero-order valence-electron chi connectivity index (χ0n) is 9.63. The Morgan fingerprint density at radius 1 is 1.41 bits per heavy atom. The van der Waals surface area contributed by atoms with Crippen molar-refractivity contribution in [3.63, 3.8) is 0 Å². The standard InChI is InChI=1S/C13H17ClFNO/c14-12-2-1-10(15)7-9(12)8-13(16)5-3-11(17)4-6-13/h1-2,7,11,17H,3-6,8,16H2. The second-order valence-electron chi connectivity index (χ2n) is 5.01. The van der Waals surface area contributed by atoms with Crippen molar-refractivity contribution < 1.29 is 9.50 Å². The van der Waals surface area contributed by atoms with E-state index < -0.39 is 0 Å². The van der Waals surface area contributed by atoms with Gasteiger partial charge in [0.25, 0.3) is 0 Å². The summed E-state index contributed by atoms with van der Waals surface area (Å²) in [6, 6.07) is 4.36. The van der Waals surface area contributed by atoms with Crippen LogP contribution in [0.4, 0.5) is 4.39 Å². The monoisotopic (exact) mass is 257 g/mol. The van der Waals surface area contributed by atoms with Crippen LogP contribution in [0.1, 0.15) is 31.2 Å². The van der Waals surface area contributed by atoms with Crippen LogP contribution in [-0.4, -0.2) is 16.7 Å². The van der Waals surface area contributed by atoms with Gasteiger partial charge in [-0.1, -0.05) is 11.6 Å². The summed E-state index contributed by atoms with van der Waals surface area (Å²) in [5.41, 5.74) is 6.67. The van der Waals surface area contributed by atoms with E-state index in [9.17, 15) is 9.50 Å². The van der Waals surface area contributed by atoms with Gasteiger partial charge in [0.1, 0.15) is 5.82 Å². The average molecular weight is 258 g/mol. The summed E-state index contributed by atoms with van der Waals surface area (Å²) < 4.78 is 13.1. The number of hydrogen-bond donors (Lipinski definition) is 2. The van der Waals surface area contributed by atoms with Gasteiger partial charge < -0.3 is 10.8 Å². The average Bonchev–Trinajstić information content (AvgIpc) is 2.28. The highest BCUT2D eigenvalue weighted by molar-refractivity contribution is 6.31. The molecule has 1 aromatic rings. The maximum absolute atomic E-state index is 13.1. The van der Waals surface area contributed by atoms with E-state index >= 15 is 0 Å². The van der Waals surface area contributed by atoms with Crippen LogP contribution in [-0.2, 0) is 6.42 Å². The number of aliphatic hydroxyl groups excluding tert-OH is 1. The SMILES string of the molecule is NC1(Cc2cc(F)ccc2Cl)CCC(O)CC1. The van der Waals surface area contributed by atoms with Crippen molar-refractivity contribution in [3.8, 4) is 0 Å². The molecule has 2 nitrogen and oxygen atoms in total. The normalized spacial score (nSPS) is 29.3. The number of halogens is 2. The molecule has 1 aliphatic rings. The summed E-state index contributed by atoms with van der Waals surface area (Å²) in [5, 5.41) is 10.0. The molecular weight excluding hydrogens is 241 g/mol. The minimum atomic E-state index is -0.364. The van der Waals surface area contributed by atoms with Crippen molar-refractivity contribution in [3.05, 3.63) is 34.6 Å². The predicted molar refractivity (Wildman–Crippen MR) is 66.5 cm³/mol. The second kappa shape index (κ2) is 4.92. The molecule has 94 valence electrons. The maximum atomic E-state index is 13.1. The van der Waals surface area contributed by atoms with Crippen LogP contribution >= 0.6 is 11.6 Å². The molecule has 0 saturated heterocycles. The molecule has 0 atom stereocenters. The first-order chi connectivity index (χ1) is 7.98. The summed E-state index contributed by atoms with van der Waals surface area (Å²) in [5.74, 6) is -0.288. The van der Waals surface area contributed by atoms with Crippen LogP contribution in [0.25, 0.3) is 0 Å². The topological polar surface area (TPSA) is 46.2 Å². The molecule has 1 aliphatic carbocycles. The lowest BCUT2D eigenvalue weighted by Gasteiger charge is -2.35. The van der Waals surface area contributed by atoms with Crippen molar-refractivity contribution in [2.45, 2.75) is 43.7 Å². The van der Waals surface area contributed by atoms with Gasteiger partial charge >= 0.3 is 0 Å². The lowest BCUT2D eigenvalue weighted by Crippen LogP contribution is -2.46. The molecule has 4 heteroatoms. The van der Waals surface area contributed by atoms with Crippen LogP contribution in [0.15, 0.2) is 18.2 Å². The second-order valence-corrected chi connectivity index (χ2v) is 5.41. The highest BCUT2D eigenvalue weighted by atomic mass is 35.5. The van der Waals surface area contributed by atoms with E-state index in [1.165, 1.54) is 12.1 Å². The Bertz CT molecular complexity index is 402. The van der Waals surface area contributed by atoms with E-state index in [4.69, 9.17) is 17.3 Å². The summed E-state index contributed by atoms with van der Waals surface area (Å²) in [4.78, 5) is 0. The molecule has 1 saturated carbocycles. The fourth-order valence-corrected chi connectivity index (χ4v) is 2.60. The van der Waals surface area contributed by atoms with E-state index in [1.807, 2.05) is 0 Å². The van der Waals surface area contributed by atoms with E-state index in [1.54, 1.807) is 6.07 Å². The van der Waals surface area contributed by atoms with E-state index in [0.29, 0.717) is 24.3 Å². The van der Waals surface area contributed by atoms with Crippen molar-refractivity contribution in [2.75, 3.05) is 0 Å². The van der Waals surface area contributed by atoms with E-state index in [2.05, 4.69) is 0 Å². The third-order valence-corrected chi connectivity index (χ3v) is 3.87. The number of rotatable bonds is 2. The molecule has 0 spiro atoms. The van der Waals surface area contributed by atoms with Crippen LogP contribution in [0.2, 0.25) is 5.02 Å². The van der Waals surface area contributed by atoms with Crippen LogP contribution in [0.5, 0.6) is 0 Å². The lowest BCUT2D eigenvalue weighted by atomic mass is 9.77. The van der Waals surface area contributed by atoms with Crippen molar-refractivity contribution >= 4 is 11.6 Å². The first-order valence-electron chi connectivity index (χ1n) is 5.89. The highest BCUT2D eigenvalue weighted by Crippen LogP contribution is 2.31. The maximum Gasteiger partial charge on any atom is 0.123 e. The van der Waals surface area contributed by atoms with Gasteiger partial charge in [0.15, 0.2) is 0 Å². The van der Waals surface area contributed by atoms with Crippen molar-refractivity contribution in [1.29, 1.82) is 0 Å². The van der Waals surface area contributed by atoms with Crippen LogP contribution < -0.4 is 5.73 Å². The Morgan fingerprint density at radius 3 is 2.71 bits per heavy atom. The van der Waals surface area contributed by atoms with E-state index in [0.717, 1.165) is 18.4 Å². The first-order valence-corrected chi connectivity index (χ1v) is 6.27. The molecule has 0 unspecified atom stereocenters. The summed E-state index contributed by atoms with van der Waals surface area (Å²) >= 11 is 6.03. The Balaban J connectivity index is 2.12. The zero-order valence-corrected chi connectivity index (χ0v) is 10.4. The number of hydrogen-bond acceptors (Lipinski definition) is 2. The first kappa shape index (κ1) is 12.8. The smallest absolute Gasteiger partial charge is 0.123 e. The molecule has 3 N–H and O–H groups in total. The third-order valence-electron chi connectivity index (χ3n) is 3.50. The molecule has 1 aromatic carbocycles. The van der Waals surface area contributed by atoms with Crippen LogP contribution in [0.3, 0.4) is 0 Å². The van der Waals surface area contributed by atoms with Gasteiger partial charge in [0.05, 0.1) is 6.10 Å². The van der Waals surface area contributed by atoms with Gasteiger partial charge in [-0.05, 0) is 55.9 Å². The van der Waals surface area contributed by atoms with Crippen LogP contribution in [0, 0.1) is 5.82 Å². The van der Waals surface area contributed by atoms with Gasteiger partial charge in [0, 0.05) is 10.6 Å². The van der Waals surface area contributed by atoms with Gasteiger partial charge in [-0.2, -0.15) is 0 Å². The number of nitrogens with two attached hydrogens (primary N) is 1. The van der Waals surface area contributed by atoms with Gasteiger partial charge in [-0.15, -0.1) is 0 Å². The fourth-order valence-electron chi connectivity index (χ4n) is 2.41. The quantitative estimate of drug-likeness (QED) is 0.856. The third kappa shape index (κ3) is 3.18. The molecule has 0 bridgehead atoms. The van der Waals surface area contributed by atoms with Gasteiger partial charge in [-0.25, -0.2) is 4.39 Å². The Hall–Kier alpha value is -0.640. The number of benzene rings is 1. The molecule has 2 rings (SSSR count). The molecule has 0 heterocycles. The molecule has 17 heavy (non-hydrogen) atoms. The molecule has 0 aromatic heterocycles.